The van der Waals surface area contributed by atoms with Crippen molar-refractivity contribution in [1.82, 2.24) is 0 Å². The topological polar surface area (TPSA) is 12.0 Å². The molecule has 2 heteroatoms. The van der Waals surface area contributed by atoms with Gasteiger partial charge in [-0.25, -0.2) is 0 Å². The van der Waals surface area contributed by atoms with E-state index >= 15 is 0 Å². The number of rotatable bonds is 3. The predicted octanol–water partition coefficient (Wildman–Crippen LogP) is 5.46. The summed E-state index contributed by atoms with van der Waals surface area (Å²) in [5, 5.41) is 3.72. The molecule has 0 amide bonds. The van der Waals surface area contributed by atoms with Gasteiger partial charge in [-0.2, -0.15) is 0 Å². The molecular formula is C18H21NS. The summed E-state index contributed by atoms with van der Waals surface area (Å²) in [6.07, 6.45) is 1.19. The fraction of sp³-hybridized carbons (Fsp3) is 0.333. The van der Waals surface area contributed by atoms with Crippen LogP contribution in [0, 0.1) is 0 Å². The molecule has 1 heterocycles. The number of hydrogen-bond acceptors (Lipinski definition) is 2. The van der Waals surface area contributed by atoms with Crippen LogP contribution in [0.1, 0.15) is 43.4 Å². The number of fused-ring (bicyclic) bond motifs is 1. The van der Waals surface area contributed by atoms with Crippen molar-refractivity contribution < 1.29 is 0 Å². The van der Waals surface area contributed by atoms with Crippen LogP contribution in [-0.4, -0.2) is 5.75 Å². The highest BCUT2D eigenvalue weighted by atomic mass is 32.2. The number of anilines is 1. The van der Waals surface area contributed by atoms with Gasteiger partial charge in [-0.15, -0.1) is 11.8 Å². The van der Waals surface area contributed by atoms with E-state index in [2.05, 4.69) is 67.7 Å². The molecule has 0 saturated heterocycles. The maximum atomic E-state index is 3.72. The Morgan fingerprint density at radius 1 is 1.10 bits per heavy atom. The fourth-order valence-electron chi connectivity index (χ4n) is 2.68. The maximum Gasteiger partial charge on any atom is 0.0532 e. The summed E-state index contributed by atoms with van der Waals surface area (Å²) in [5.41, 5.74) is 4.08. The minimum atomic E-state index is 0.440. The van der Waals surface area contributed by atoms with Gasteiger partial charge in [-0.05, 0) is 41.7 Å². The van der Waals surface area contributed by atoms with Crippen LogP contribution in [0.5, 0.6) is 0 Å². The van der Waals surface area contributed by atoms with E-state index in [1.807, 2.05) is 11.8 Å². The second-order valence-electron chi connectivity index (χ2n) is 5.65. The van der Waals surface area contributed by atoms with Crippen LogP contribution >= 0.6 is 11.8 Å². The van der Waals surface area contributed by atoms with E-state index in [0.717, 1.165) is 0 Å². The zero-order valence-corrected chi connectivity index (χ0v) is 12.9. The summed E-state index contributed by atoms with van der Waals surface area (Å²) in [4.78, 5) is 1.43. The molecule has 1 nitrogen and oxygen atoms in total. The molecule has 20 heavy (non-hydrogen) atoms. The van der Waals surface area contributed by atoms with Crippen molar-refractivity contribution in [3.05, 3.63) is 59.7 Å². The molecule has 104 valence electrons. The van der Waals surface area contributed by atoms with Crippen LogP contribution < -0.4 is 5.32 Å². The quantitative estimate of drug-likeness (QED) is 0.803. The minimum absolute atomic E-state index is 0.440. The molecule has 0 aromatic heterocycles. The van der Waals surface area contributed by atoms with Gasteiger partial charge < -0.3 is 5.32 Å². The lowest BCUT2D eigenvalue weighted by molar-refractivity contribution is 0.728. The maximum absolute atomic E-state index is 3.72. The van der Waals surface area contributed by atoms with Crippen molar-refractivity contribution >= 4 is 17.4 Å². The zero-order chi connectivity index (χ0) is 13.9. The third kappa shape index (κ3) is 2.85. The van der Waals surface area contributed by atoms with Gasteiger partial charge in [0, 0.05) is 16.3 Å². The Morgan fingerprint density at radius 3 is 2.80 bits per heavy atom. The second-order valence-corrected chi connectivity index (χ2v) is 6.79. The van der Waals surface area contributed by atoms with Crippen LogP contribution in [0.3, 0.4) is 0 Å². The summed E-state index contributed by atoms with van der Waals surface area (Å²) in [6, 6.07) is 18.0. The molecule has 0 radical (unpaired) electrons. The van der Waals surface area contributed by atoms with Crippen LogP contribution in [-0.2, 0) is 0 Å². The zero-order valence-electron chi connectivity index (χ0n) is 12.1. The summed E-state index contributed by atoms with van der Waals surface area (Å²) < 4.78 is 0. The Hall–Kier alpha value is -1.41. The minimum Gasteiger partial charge on any atom is -0.378 e. The van der Waals surface area contributed by atoms with Gasteiger partial charge in [0.15, 0.2) is 0 Å². The molecule has 1 aliphatic rings. The first kappa shape index (κ1) is 13.6. The van der Waals surface area contributed by atoms with E-state index in [4.69, 9.17) is 0 Å². The van der Waals surface area contributed by atoms with Crippen LogP contribution in [0.2, 0.25) is 0 Å². The van der Waals surface area contributed by atoms with Crippen LogP contribution in [0.15, 0.2) is 53.4 Å². The Balaban J connectivity index is 1.84. The Labute approximate surface area is 125 Å². The van der Waals surface area contributed by atoms with Gasteiger partial charge in [0.2, 0.25) is 0 Å². The number of thioether (sulfide) groups is 1. The highest BCUT2D eigenvalue weighted by Crippen LogP contribution is 2.37. The van der Waals surface area contributed by atoms with Crippen molar-refractivity contribution in [3.63, 3.8) is 0 Å². The molecule has 1 N–H and O–H groups in total. The molecule has 0 spiro atoms. The van der Waals surface area contributed by atoms with Crippen molar-refractivity contribution in [2.75, 3.05) is 11.1 Å². The van der Waals surface area contributed by atoms with Crippen molar-refractivity contribution in [2.24, 2.45) is 0 Å². The first-order valence-corrected chi connectivity index (χ1v) is 8.31. The lowest BCUT2D eigenvalue weighted by atomic mass is 10.0. The first-order valence-electron chi connectivity index (χ1n) is 7.32. The summed E-state index contributed by atoms with van der Waals surface area (Å²) >= 11 is 1.97. The van der Waals surface area contributed by atoms with Gasteiger partial charge in [-0.3, -0.25) is 0 Å². The average Bonchev–Trinajstić information content (AvgIpc) is 2.48. The molecular weight excluding hydrogens is 262 g/mol. The highest BCUT2D eigenvalue weighted by molar-refractivity contribution is 7.99. The van der Waals surface area contributed by atoms with E-state index in [1.165, 1.54) is 33.9 Å². The molecule has 1 aliphatic heterocycles. The molecule has 2 aromatic rings. The van der Waals surface area contributed by atoms with E-state index in [0.29, 0.717) is 12.0 Å². The van der Waals surface area contributed by atoms with Gasteiger partial charge >= 0.3 is 0 Å². The van der Waals surface area contributed by atoms with E-state index in [-0.39, 0.29) is 0 Å². The Bertz CT molecular complexity index is 591. The van der Waals surface area contributed by atoms with Gasteiger partial charge in [0.05, 0.1) is 6.04 Å². The lowest BCUT2D eigenvalue weighted by Crippen LogP contribution is -2.16. The van der Waals surface area contributed by atoms with E-state index < -0.39 is 0 Å². The molecule has 2 aromatic carbocycles. The third-order valence-electron chi connectivity index (χ3n) is 3.85. The number of hydrogen-bond donors (Lipinski definition) is 1. The SMILES string of the molecule is CC(C)c1cccc(NC2CCSc3ccccc32)c1. The van der Waals surface area contributed by atoms with E-state index in [1.54, 1.807) is 0 Å². The van der Waals surface area contributed by atoms with Gasteiger partial charge in [0.25, 0.3) is 0 Å². The number of nitrogens with one attached hydrogen (secondary N) is 1. The van der Waals surface area contributed by atoms with Gasteiger partial charge in [0.1, 0.15) is 0 Å². The first-order chi connectivity index (χ1) is 9.74. The largest absolute Gasteiger partial charge is 0.378 e. The normalized spacial score (nSPS) is 17.9. The fourth-order valence-corrected chi connectivity index (χ4v) is 3.81. The lowest BCUT2D eigenvalue weighted by Gasteiger charge is -2.27. The molecule has 3 rings (SSSR count). The molecule has 0 saturated carbocycles. The molecule has 1 atom stereocenters. The van der Waals surface area contributed by atoms with Crippen molar-refractivity contribution in [3.8, 4) is 0 Å². The highest BCUT2D eigenvalue weighted by Gasteiger charge is 2.20. The second kappa shape index (κ2) is 5.92. The molecule has 0 fully saturated rings. The summed E-state index contributed by atoms with van der Waals surface area (Å²) in [7, 11) is 0. The van der Waals surface area contributed by atoms with Crippen molar-refractivity contribution in [2.45, 2.75) is 37.1 Å². The Morgan fingerprint density at radius 2 is 1.95 bits per heavy atom. The summed E-state index contributed by atoms with van der Waals surface area (Å²) in [6.45, 7) is 4.48. The molecule has 0 aliphatic carbocycles. The van der Waals surface area contributed by atoms with Crippen LogP contribution in [0.25, 0.3) is 0 Å². The van der Waals surface area contributed by atoms with E-state index in [9.17, 15) is 0 Å². The summed E-state index contributed by atoms with van der Waals surface area (Å²) in [5.74, 6) is 1.77. The smallest absolute Gasteiger partial charge is 0.0532 e. The van der Waals surface area contributed by atoms with Crippen molar-refractivity contribution in [1.29, 1.82) is 0 Å². The monoisotopic (exact) mass is 283 g/mol. The molecule has 1 unspecified atom stereocenters. The Kier molecular flexibility index (Phi) is 4.02. The standard InChI is InChI=1S/C18H21NS/c1-13(2)14-6-5-7-15(12-14)19-17-10-11-20-18-9-4-3-8-16(17)18/h3-9,12-13,17,19H,10-11H2,1-2H3. The predicted molar refractivity (Wildman–Crippen MR) is 88.7 cm³/mol. The van der Waals surface area contributed by atoms with Gasteiger partial charge in [-0.1, -0.05) is 44.2 Å². The molecule has 0 bridgehead atoms. The third-order valence-corrected chi connectivity index (χ3v) is 4.98. The average molecular weight is 283 g/mol. The van der Waals surface area contributed by atoms with Crippen LogP contribution in [0.4, 0.5) is 5.69 Å². The number of benzene rings is 2.